The number of rotatable bonds is 7. The minimum atomic E-state index is -3.30. The third-order valence-corrected chi connectivity index (χ3v) is 6.41. The van der Waals surface area contributed by atoms with E-state index in [2.05, 4.69) is 10.0 Å². The van der Waals surface area contributed by atoms with E-state index in [0.717, 1.165) is 38.5 Å². The van der Waals surface area contributed by atoms with Crippen molar-refractivity contribution >= 4 is 28.3 Å². The monoisotopic (exact) mass is 367 g/mol. The maximum Gasteiger partial charge on any atom is 0.224 e. The first-order valence-corrected chi connectivity index (χ1v) is 9.99. The maximum atomic E-state index is 12.2. The molecule has 2 saturated carbocycles. The summed E-state index contributed by atoms with van der Waals surface area (Å²) in [5.41, 5.74) is 5.71. The zero-order valence-corrected chi connectivity index (χ0v) is 15.5. The fraction of sp³-hybridized carbons (Fsp3) is 0.933. The Labute approximate surface area is 145 Å². The van der Waals surface area contributed by atoms with Gasteiger partial charge in [0.05, 0.1) is 11.7 Å². The molecule has 0 aromatic rings. The molecule has 1 amide bonds. The molecule has 23 heavy (non-hydrogen) atoms. The maximum absolute atomic E-state index is 12.2. The van der Waals surface area contributed by atoms with Gasteiger partial charge in [-0.2, -0.15) is 0 Å². The average Bonchev–Trinajstić information content (AvgIpc) is 2.35. The molecule has 2 fully saturated rings. The molecule has 0 spiro atoms. The van der Waals surface area contributed by atoms with Gasteiger partial charge in [-0.15, -0.1) is 12.4 Å². The van der Waals surface area contributed by atoms with E-state index < -0.39 is 15.6 Å². The van der Waals surface area contributed by atoms with Crippen LogP contribution in [0.15, 0.2) is 0 Å². The molecule has 2 atom stereocenters. The lowest BCUT2D eigenvalue weighted by Crippen LogP contribution is -2.53. The third kappa shape index (κ3) is 6.21. The number of nitrogens with two attached hydrogens (primary N) is 1. The quantitative estimate of drug-likeness (QED) is 0.628. The van der Waals surface area contributed by atoms with Crippen molar-refractivity contribution in [3.63, 3.8) is 0 Å². The highest BCUT2D eigenvalue weighted by Crippen LogP contribution is 2.31. The van der Waals surface area contributed by atoms with Crippen LogP contribution in [0.2, 0.25) is 0 Å². The van der Waals surface area contributed by atoms with Gasteiger partial charge in [-0.05, 0) is 38.5 Å². The van der Waals surface area contributed by atoms with Crippen molar-refractivity contribution in [3.05, 3.63) is 0 Å². The van der Waals surface area contributed by atoms with E-state index in [-0.39, 0.29) is 36.5 Å². The first-order chi connectivity index (χ1) is 10.3. The van der Waals surface area contributed by atoms with Crippen molar-refractivity contribution < 1.29 is 13.2 Å². The Kier molecular flexibility index (Phi) is 7.77. The van der Waals surface area contributed by atoms with Crippen LogP contribution in [0.4, 0.5) is 0 Å². The van der Waals surface area contributed by atoms with E-state index in [1.54, 1.807) is 0 Å². The second-order valence-electron chi connectivity index (χ2n) is 7.06. The summed E-state index contributed by atoms with van der Waals surface area (Å²) in [5.74, 6) is 0.0924. The Hall–Kier alpha value is -0.370. The number of carbonyl (C=O) groups excluding carboxylic acids is 1. The van der Waals surface area contributed by atoms with Crippen LogP contribution in [0.5, 0.6) is 0 Å². The third-order valence-electron chi connectivity index (χ3n) is 5.06. The fourth-order valence-electron chi connectivity index (χ4n) is 3.23. The molecule has 0 saturated heterocycles. The highest BCUT2D eigenvalue weighted by molar-refractivity contribution is 7.89. The predicted molar refractivity (Wildman–Crippen MR) is 93.9 cm³/mol. The van der Waals surface area contributed by atoms with Crippen molar-refractivity contribution in [2.45, 2.75) is 57.4 Å². The summed E-state index contributed by atoms with van der Waals surface area (Å²) >= 11 is 0. The Morgan fingerprint density at radius 2 is 1.91 bits per heavy atom. The van der Waals surface area contributed by atoms with Gasteiger partial charge < -0.3 is 11.1 Å². The van der Waals surface area contributed by atoms with Crippen LogP contribution >= 0.6 is 12.4 Å². The van der Waals surface area contributed by atoms with Crippen molar-refractivity contribution in [1.82, 2.24) is 10.0 Å². The van der Waals surface area contributed by atoms with Crippen LogP contribution in [0.3, 0.4) is 0 Å². The topological polar surface area (TPSA) is 101 Å². The van der Waals surface area contributed by atoms with E-state index >= 15 is 0 Å². The Morgan fingerprint density at radius 3 is 2.48 bits per heavy atom. The van der Waals surface area contributed by atoms with Gasteiger partial charge in [-0.3, -0.25) is 4.79 Å². The highest BCUT2D eigenvalue weighted by Gasteiger charge is 2.37. The molecule has 6 nitrogen and oxygen atoms in total. The van der Waals surface area contributed by atoms with Crippen molar-refractivity contribution in [1.29, 1.82) is 0 Å². The summed E-state index contributed by atoms with van der Waals surface area (Å²) in [6.45, 7) is 2.58. The molecule has 2 aliphatic carbocycles. The van der Waals surface area contributed by atoms with Gasteiger partial charge >= 0.3 is 0 Å². The molecule has 2 aliphatic rings. The van der Waals surface area contributed by atoms with Gasteiger partial charge in [-0.1, -0.05) is 19.3 Å². The largest absolute Gasteiger partial charge is 0.355 e. The molecule has 0 aromatic heterocycles. The molecule has 0 aliphatic heterocycles. The molecule has 0 radical (unpaired) electrons. The van der Waals surface area contributed by atoms with Crippen LogP contribution in [0.25, 0.3) is 0 Å². The normalized spacial score (nSPS) is 28.5. The second kappa shape index (κ2) is 8.65. The molecular formula is C15H30ClN3O3S. The van der Waals surface area contributed by atoms with E-state index in [1.165, 1.54) is 6.42 Å². The Bertz CT molecular complexity index is 492. The summed E-state index contributed by atoms with van der Waals surface area (Å²) < 4.78 is 26.4. The molecule has 2 rings (SSSR count). The number of hydrogen-bond acceptors (Lipinski definition) is 4. The van der Waals surface area contributed by atoms with Crippen molar-refractivity contribution in [2.24, 2.45) is 17.6 Å². The molecule has 0 bridgehead atoms. The molecule has 8 heteroatoms. The van der Waals surface area contributed by atoms with Crippen LogP contribution < -0.4 is 15.8 Å². The SMILES string of the molecule is CC1(N)CCCCC1C(=O)NCCS(=O)(=O)NCC1CCC1.Cl. The number of carbonyl (C=O) groups is 1. The minimum absolute atomic E-state index is 0. The Morgan fingerprint density at radius 1 is 1.22 bits per heavy atom. The van der Waals surface area contributed by atoms with Crippen LogP contribution in [0.1, 0.15) is 51.9 Å². The lowest BCUT2D eigenvalue weighted by Gasteiger charge is -2.37. The summed E-state index contributed by atoms with van der Waals surface area (Å²) in [4.78, 5) is 12.2. The van der Waals surface area contributed by atoms with E-state index in [1.807, 2.05) is 6.92 Å². The number of sulfonamides is 1. The number of nitrogens with one attached hydrogen (secondary N) is 2. The number of halogens is 1. The number of amides is 1. The van der Waals surface area contributed by atoms with E-state index in [0.29, 0.717) is 12.5 Å². The summed E-state index contributed by atoms with van der Waals surface area (Å²) in [6.07, 6.45) is 7.09. The zero-order chi connectivity index (χ0) is 16.2. The zero-order valence-electron chi connectivity index (χ0n) is 13.8. The molecule has 2 unspecified atom stereocenters. The van der Waals surface area contributed by atoms with Crippen molar-refractivity contribution in [3.8, 4) is 0 Å². The van der Waals surface area contributed by atoms with Gasteiger partial charge in [0.1, 0.15) is 0 Å². The average molecular weight is 368 g/mol. The fourth-order valence-corrected chi connectivity index (χ4v) is 4.24. The van der Waals surface area contributed by atoms with Gasteiger partial charge in [0.2, 0.25) is 15.9 Å². The summed E-state index contributed by atoms with van der Waals surface area (Å²) in [5, 5.41) is 2.74. The smallest absolute Gasteiger partial charge is 0.224 e. The second-order valence-corrected chi connectivity index (χ2v) is 8.99. The first-order valence-electron chi connectivity index (χ1n) is 8.34. The van der Waals surface area contributed by atoms with E-state index in [9.17, 15) is 13.2 Å². The minimum Gasteiger partial charge on any atom is -0.355 e. The Balaban J connectivity index is 0.00000264. The van der Waals surface area contributed by atoms with Gasteiger partial charge in [0.15, 0.2) is 0 Å². The predicted octanol–water partition coefficient (Wildman–Crippen LogP) is 1.15. The summed E-state index contributed by atoms with van der Waals surface area (Å²) in [6, 6.07) is 0. The highest BCUT2D eigenvalue weighted by atomic mass is 35.5. The number of hydrogen-bond donors (Lipinski definition) is 3. The molecule has 4 N–H and O–H groups in total. The lowest BCUT2D eigenvalue weighted by molar-refractivity contribution is -0.127. The lowest BCUT2D eigenvalue weighted by atomic mass is 9.74. The van der Waals surface area contributed by atoms with Crippen LogP contribution in [0, 0.1) is 11.8 Å². The molecular weight excluding hydrogens is 338 g/mol. The molecule has 0 heterocycles. The molecule has 0 aromatic carbocycles. The van der Waals surface area contributed by atoms with E-state index in [4.69, 9.17) is 5.73 Å². The summed E-state index contributed by atoms with van der Waals surface area (Å²) in [7, 11) is -3.30. The van der Waals surface area contributed by atoms with Crippen molar-refractivity contribution in [2.75, 3.05) is 18.8 Å². The van der Waals surface area contributed by atoms with Gasteiger partial charge in [0, 0.05) is 18.6 Å². The molecule has 136 valence electrons. The van der Waals surface area contributed by atoms with Crippen LogP contribution in [-0.4, -0.2) is 38.7 Å². The standard InChI is InChI=1S/C15H29N3O3S.ClH/c1-15(16)8-3-2-7-13(15)14(19)17-9-10-22(20,21)18-11-12-5-4-6-12;/h12-13,18H,2-11,16H2,1H3,(H,17,19);1H. The first kappa shape index (κ1) is 20.7. The van der Waals surface area contributed by atoms with Gasteiger partial charge in [0.25, 0.3) is 0 Å². The van der Waals surface area contributed by atoms with Crippen LogP contribution in [-0.2, 0) is 14.8 Å². The van der Waals surface area contributed by atoms with Gasteiger partial charge in [-0.25, -0.2) is 13.1 Å².